The number of hydrogen-bond acceptors (Lipinski definition) is 1. The molecule has 1 heterocycles. The van der Waals surface area contributed by atoms with Crippen LogP contribution in [0, 0.1) is 3.57 Å². The summed E-state index contributed by atoms with van der Waals surface area (Å²) in [6.45, 7) is 0. The van der Waals surface area contributed by atoms with Gasteiger partial charge in [0, 0.05) is 0 Å². The number of furan rings is 1. The third-order valence-electron chi connectivity index (χ3n) is 2.56. The molecule has 76 valence electrons. The van der Waals surface area contributed by atoms with Crippen molar-refractivity contribution in [3.63, 3.8) is 0 Å². The molecule has 0 atom stereocenters. The van der Waals surface area contributed by atoms with Gasteiger partial charge in [-0.25, -0.2) is 0 Å². The Morgan fingerprint density at radius 1 is 0.933 bits per heavy atom. The minimum atomic E-state index is 0.0756. The topological polar surface area (TPSA) is 13.1 Å². The molecule has 0 radical (unpaired) electrons. The Kier molecular flexibility index (Phi) is 2.16. The van der Waals surface area contributed by atoms with Crippen molar-refractivity contribution < 1.29 is 25.6 Å². The number of halogens is 1. The van der Waals surface area contributed by atoms with Gasteiger partial charge in [0.1, 0.15) is 0 Å². The SMILES string of the molecule is C[I-]c1cccc2c1oc1ccccc12. The average molecular weight is 309 g/mol. The van der Waals surface area contributed by atoms with Crippen LogP contribution < -0.4 is 21.2 Å². The fourth-order valence-corrected chi connectivity index (χ4v) is 3.32. The Morgan fingerprint density at radius 3 is 2.60 bits per heavy atom. The molecule has 0 aliphatic carbocycles. The number of fused-ring (bicyclic) bond motifs is 3. The van der Waals surface area contributed by atoms with Crippen molar-refractivity contribution in [2.24, 2.45) is 0 Å². The molecule has 1 nitrogen and oxygen atoms in total. The van der Waals surface area contributed by atoms with E-state index in [1.165, 1.54) is 14.3 Å². The first-order chi connectivity index (χ1) is 7.40. The van der Waals surface area contributed by atoms with Gasteiger partial charge in [-0.3, -0.25) is 0 Å². The van der Waals surface area contributed by atoms with E-state index in [9.17, 15) is 0 Å². The first-order valence-electron chi connectivity index (χ1n) is 4.80. The first kappa shape index (κ1) is 9.21. The van der Waals surface area contributed by atoms with Crippen molar-refractivity contribution in [3.05, 3.63) is 46.0 Å². The van der Waals surface area contributed by atoms with E-state index >= 15 is 0 Å². The second-order valence-corrected chi connectivity index (χ2v) is 5.64. The summed E-state index contributed by atoms with van der Waals surface area (Å²) in [7, 11) is 0. The van der Waals surface area contributed by atoms with E-state index in [0.29, 0.717) is 0 Å². The van der Waals surface area contributed by atoms with Gasteiger partial charge < -0.3 is 0 Å². The van der Waals surface area contributed by atoms with E-state index in [4.69, 9.17) is 4.42 Å². The summed E-state index contributed by atoms with van der Waals surface area (Å²) >= 11 is 0.0756. The van der Waals surface area contributed by atoms with Crippen molar-refractivity contribution in [2.45, 2.75) is 0 Å². The van der Waals surface area contributed by atoms with E-state index in [-0.39, 0.29) is 21.2 Å². The average Bonchev–Trinajstić information content (AvgIpc) is 2.67. The molecule has 0 aliphatic heterocycles. The van der Waals surface area contributed by atoms with Gasteiger partial charge in [0.2, 0.25) is 0 Å². The fraction of sp³-hybridized carbons (Fsp3) is 0.0769. The molecule has 0 bridgehead atoms. The van der Waals surface area contributed by atoms with E-state index in [2.05, 4.69) is 35.3 Å². The molecule has 0 unspecified atom stereocenters. The maximum atomic E-state index is 5.90. The van der Waals surface area contributed by atoms with Crippen molar-refractivity contribution in [1.82, 2.24) is 0 Å². The molecule has 0 aliphatic rings. The molecule has 2 heteroatoms. The van der Waals surface area contributed by atoms with Gasteiger partial charge in [0.05, 0.1) is 0 Å². The molecule has 0 saturated carbocycles. The van der Waals surface area contributed by atoms with Gasteiger partial charge >= 0.3 is 98.5 Å². The normalized spacial score (nSPS) is 11.5. The molecular weight excluding hydrogens is 299 g/mol. The summed E-state index contributed by atoms with van der Waals surface area (Å²) in [5.41, 5.74) is 2.09. The van der Waals surface area contributed by atoms with Crippen molar-refractivity contribution >= 4 is 21.9 Å². The van der Waals surface area contributed by atoms with Gasteiger partial charge in [-0.05, 0) is 0 Å². The Labute approximate surface area is 98.3 Å². The number of rotatable bonds is 1. The van der Waals surface area contributed by atoms with Crippen LogP contribution in [-0.2, 0) is 0 Å². The number of hydrogen-bond donors (Lipinski definition) is 0. The molecule has 3 rings (SSSR count). The van der Waals surface area contributed by atoms with Crippen LogP contribution in [0.1, 0.15) is 0 Å². The molecular formula is C13H10IO-. The predicted molar refractivity (Wildman–Crippen MR) is 58.3 cm³/mol. The van der Waals surface area contributed by atoms with Crippen LogP contribution in [0.2, 0.25) is 0 Å². The summed E-state index contributed by atoms with van der Waals surface area (Å²) < 4.78 is 7.29. The molecule has 0 spiro atoms. The number of alkyl halides is 1. The Hall–Kier alpha value is -1.03. The van der Waals surface area contributed by atoms with Gasteiger partial charge in [0.15, 0.2) is 0 Å². The van der Waals surface area contributed by atoms with Crippen LogP contribution in [0.15, 0.2) is 46.9 Å². The van der Waals surface area contributed by atoms with Gasteiger partial charge in [-0.1, -0.05) is 0 Å². The Morgan fingerprint density at radius 2 is 1.73 bits per heavy atom. The minimum absolute atomic E-state index is 0.0756. The third-order valence-corrected chi connectivity index (χ3v) is 4.57. The van der Waals surface area contributed by atoms with E-state index < -0.39 is 0 Å². The van der Waals surface area contributed by atoms with Crippen LogP contribution in [0.25, 0.3) is 21.9 Å². The van der Waals surface area contributed by atoms with Crippen molar-refractivity contribution in [2.75, 3.05) is 4.93 Å². The molecule has 0 fully saturated rings. The second-order valence-electron chi connectivity index (χ2n) is 3.40. The zero-order valence-electron chi connectivity index (χ0n) is 8.33. The summed E-state index contributed by atoms with van der Waals surface area (Å²) in [4.78, 5) is 2.26. The van der Waals surface area contributed by atoms with E-state index in [0.717, 1.165) is 11.2 Å². The van der Waals surface area contributed by atoms with Gasteiger partial charge in [-0.2, -0.15) is 0 Å². The zero-order valence-corrected chi connectivity index (χ0v) is 10.5. The molecule has 0 N–H and O–H groups in total. The van der Waals surface area contributed by atoms with E-state index in [1.54, 1.807) is 0 Å². The Balaban J connectivity index is 2.53. The Bertz CT molecular complexity index is 625. The molecule has 3 aromatic rings. The first-order valence-corrected chi connectivity index (χ1v) is 8.03. The van der Waals surface area contributed by atoms with Crippen molar-refractivity contribution in [3.8, 4) is 0 Å². The number of para-hydroxylation sites is 2. The monoisotopic (exact) mass is 309 g/mol. The van der Waals surface area contributed by atoms with Gasteiger partial charge in [-0.15, -0.1) is 0 Å². The molecule has 0 saturated heterocycles. The summed E-state index contributed by atoms with van der Waals surface area (Å²) in [6, 6.07) is 14.7. The maximum absolute atomic E-state index is 5.90. The quantitative estimate of drug-likeness (QED) is 0.471. The predicted octanol–water partition coefficient (Wildman–Crippen LogP) is 0.474. The molecule has 0 amide bonds. The van der Waals surface area contributed by atoms with Crippen molar-refractivity contribution in [1.29, 1.82) is 0 Å². The van der Waals surface area contributed by atoms with Crippen LogP contribution in [0.5, 0.6) is 0 Å². The standard InChI is InChI=1S/C13H10IO/c1-14-11-7-4-6-10-9-5-2-3-8-12(9)15-13(10)11/h2-8H,1H3/q-1. The van der Waals surface area contributed by atoms with Gasteiger partial charge in [0.25, 0.3) is 0 Å². The summed E-state index contributed by atoms with van der Waals surface area (Å²) in [5, 5.41) is 2.48. The zero-order chi connectivity index (χ0) is 10.3. The van der Waals surface area contributed by atoms with Crippen LogP contribution in [0.4, 0.5) is 0 Å². The second kappa shape index (κ2) is 3.52. The number of benzene rings is 2. The van der Waals surface area contributed by atoms with Crippen LogP contribution >= 0.6 is 0 Å². The third kappa shape index (κ3) is 1.35. The van der Waals surface area contributed by atoms with E-state index in [1.807, 2.05) is 12.1 Å². The fourth-order valence-electron chi connectivity index (χ4n) is 1.86. The molecule has 1 aromatic heterocycles. The molecule has 15 heavy (non-hydrogen) atoms. The summed E-state index contributed by atoms with van der Waals surface area (Å²) in [5.74, 6) is 0. The summed E-state index contributed by atoms with van der Waals surface area (Å²) in [6.07, 6.45) is 0. The van der Waals surface area contributed by atoms with Crippen LogP contribution in [-0.4, -0.2) is 4.93 Å². The van der Waals surface area contributed by atoms with Crippen LogP contribution in [0.3, 0.4) is 0 Å². The molecule has 2 aromatic carbocycles.